The zero-order valence-electron chi connectivity index (χ0n) is 26.0. The molecule has 1 aliphatic carbocycles. The number of hydrogen-bond donors (Lipinski definition) is 0. The Bertz CT molecular complexity index is 2150. The van der Waals surface area contributed by atoms with Crippen LogP contribution in [0.5, 0.6) is 0 Å². The van der Waals surface area contributed by atoms with Crippen molar-refractivity contribution < 1.29 is 4.42 Å². The van der Waals surface area contributed by atoms with Crippen molar-refractivity contribution in [2.45, 2.75) is 65.2 Å². The van der Waals surface area contributed by atoms with E-state index in [0.717, 1.165) is 51.8 Å². The van der Waals surface area contributed by atoms with Crippen LogP contribution in [-0.4, -0.2) is 9.55 Å². The highest BCUT2D eigenvalue weighted by molar-refractivity contribution is 6.10. The minimum absolute atomic E-state index is 0.313. The van der Waals surface area contributed by atoms with Gasteiger partial charge in [-0.05, 0) is 113 Å². The van der Waals surface area contributed by atoms with E-state index >= 15 is 0 Å². The van der Waals surface area contributed by atoms with Gasteiger partial charge in [0, 0.05) is 10.8 Å². The number of fused-ring (bicyclic) bond motifs is 5. The SMILES string of the molecule is CC(C)c1cc(-c2ccccc2)cc(C(C)C)c1-n1c(-c2cccc3c2oc2cc4c(cc23)CCCC4)nc2ccccc21. The standard InChI is InChI=1S/C41H38N2O/c1-25(2)33-22-30(27-13-6-5-7-14-27)23-34(26(3)4)39(33)43-37-20-11-10-19-36(37)42-41(43)32-18-12-17-31-35-21-28-15-8-9-16-29(28)24-38(35)44-40(31)32/h5-7,10-14,17-26H,8-9,15-16H2,1-4H3. The summed E-state index contributed by atoms with van der Waals surface area (Å²) in [6, 6.07) is 35.3. The summed E-state index contributed by atoms with van der Waals surface area (Å²) in [6.45, 7) is 9.22. The van der Waals surface area contributed by atoms with E-state index in [4.69, 9.17) is 9.40 Å². The van der Waals surface area contributed by atoms with E-state index in [1.54, 1.807) is 0 Å². The molecule has 1 aliphatic rings. The number of hydrogen-bond acceptors (Lipinski definition) is 2. The molecule has 0 spiro atoms. The Kier molecular flexibility index (Phi) is 6.45. The number of nitrogens with zero attached hydrogens (tertiary/aromatic N) is 2. The molecule has 0 amide bonds. The Morgan fingerprint density at radius 2 is 1.34 bits per heavy atom. The summed E-state index contributed by atoms with van der Waals surface area (Å²) in [7, 11) is 0. The molecule has 0 N–H and O–H groups in total. The number of aryl methyl sites for hydroxylation is 2. The third-order valence-electron chi connectivity index (χ3n) is 9.51. The van der Waals surface area contributed by atoms with Gasteiger partial charge in [0.1, 0.15) is 17.0 Å². The van der Waals surface area contributed by atoms with E-state index in [9.17, 15) is 0 Å². The molecule has 0 fully saturated rings. The molecule has 2 aromatic heterocycles. The number of benzene rings is 5. The van der Waals surface area contributed by atoms with Gasteiger partial charge in [0.25, 0.3) is 0 Å². The molecule has 0 aliphatic heterocycles. The molecule has 0 atom stereocenters. The molecule has 5 aromatic carbocycles. The topological polar surface area (TPSA) is 31.0 Å². The molecule has 0 saturated carbocycles. The molecule has 0 unspecified atom stereocenters. The van der Waals surface area contributed by atoms with E-state index in [1.165, 1.54) is 57.3 Å². The average molecular weight is 575 g/mol. The lowest BCUT2D eigenvalue weighted by molar-refractivity contribution is 0.660. The molecule has 3 nitrogen and oxygen atoms in total. The van der Waals surface area contributed by atoms with Gasteiger partial charge in [-0.25, -0.2) is 4.98 Å². The molecule has 0 bridgehead atoms. The fourth-order valence-electron chi connectivity index (χ4n) is 7.25. The van der Waals surface area contributed by atoms with Crippen LogP contribution in [0.25, 0.3) is 61.2 Å². The first-order chi connectivity index (χ1) is 21.5. The summed E-state index contributed by atoms with van der Waals surface area (Å²) < 4.78 is 9.19. The molecule has 44 heavy (non-hydrogen) atoms. The minimum Gasteiger partial charge on any atom is -0.455 e. The van der Waals surface area contributed by atoms with E-state index in [2.05, 4.69) is 129 Å². The zero-order chi connectivity index (χ0) is 29.9. The average Bonchev–Trinajstić information content (AvgIpc) is 3.61. The number of imidazole rings is 1. The predicted molar refractivity (Wildman–Crippen MR) is 184 cm³/mol. The van der Waals surface area contributed by atoms with Crippen LogP contribution in [0.1, 0.15) is 74.6 Å². The summed E-state index contributed by atoms with van der Waals surface area (Å²) >= 11 is 0. The Hall–Kier alpha value is -4.63. The van der Waals surface area contributed by atoms with E-state index in [1.807, 2.05) is 0 Å². The Morgan fingerprint density at radius 1 is 0.659 bits per heavy atom. The smallest absolute Gasteiger partial charge is 0.149 e. The van der Waals surface area contributed by atoms with Crippen molar-refractivity contribution >= 4 is 33.0 Å². The van der Waals surface area contributed by atoms with Gasteiger partial charge in [0.15, 0.2) is 0 Å². The Balaban J connectivity index is 1.44. The van der Waals surface area contributed by atoms with Gasteiger partial charge in [-0.2, -0.15) is 0 Å². The zero-order valence-corrected chi connectivity index (χ0v) is 26.0. The fraction of sp³-hybridized carbons (Fsp3) is 0.244. The van der Waals surface area contributed by atoms with Gasteiger partial charge < -0.3 is 4.42 Å². The Labute approximate surface area is 259 Å². The third kappa shape index (κ3) is 4.29. The highest BCUT2D eigenvalue weighted by Crippen LogP contribution is 2.43. The number of rotatable bonds is 5. The fourth-order valence-corrected chi connectivity index (χ4v) is 7.25. The number of aromatic nitrogens is 2. The quantitative estimate of drug-likeness (QED) is 0.205. The molecule has 8 rings (SSSR count). The Morgan fingerprint density at radius 3 is 2.07 bits per heavy atom. The summed E-state index contributed by atoms with van der Waals surface area (Å²) in [5, 5.41) is 2.38. The molecule has 3 heteroatoms. The van der Waals surface area contributed by atoms with Crippen LogP contribution in [0, 0.1) is 0 Å². The van der Waals surface area contributed by atoms with Crippen molar-refractivity contribution in [1.82, 2.24) is 9.55 Å². The molecular weight excluding hydrogens is 536 g/mol. The van der Waals surface area contributed by atoms with Crippen LogP contribution in [0.2, 0.25) is 0 Å². The summed E-state index contributed by atoms with van der Waals surface area (Å²) in [5.41, 5.74) is 14.3. The maximum atomic E-state index is 6.77. The maximum Gasteiger partial charge on any atom is 0.149 e. The summed E-state index contributed by atoms with van der Waals surface area (Å²) in [4.78, 5) is 5.34. The van der Waals surface area contributed by atoms with E-state index < -0.39 is 0 Å². The molecule has 0 saturated heterocycles. The lowest BCUT2D eigenvalue weighted by Crippen LogP contribution is -2.09. The van der Waals surface area contributed by atoms with Gasteiger partial charge in [0.2, 0.25) is 0 Å². The minimum atomic E-state index is 0.313. The first kappa shape index (κ1) is 27.0. The first-order valence-electron chi connectivity index (χ1n) is 16.2. The van der Waals surface area contributed by atoms with Crippen molar-refractivity contribution in [3.05, 3.63) is 119 Å². The van der Waals surface area contributed by atoms with Gasteiger partial charge >= 0.3 is 0 Å². The molecule has 7 aromatic rings. The second-order valence-corrected chi connectivity index (χ2v) is 13.0. The first-order valence-corrected chi connectivity index (χ1v) is 16.2. The normalized spacial score (nSPS) is 13.5. The molecule has 218 valence electrons. The predicted octanol–water partition coefficient (Wildman–Crippen LogP) is 11.4. The van der Waals surface area contributed by atoms with Crippen molar-refractivity contribution in [3.63, 3.8) is 0 Å². The van der Waals surface area contributed by atoms with Gasteiger partial charge in [-0.1, -0.05) is 82.3 Å². The van der Waals surface area contributed by atoms with Crippen LogP contribution in [0.4, 0.5) is 0 Å². The second-order valence-electron chi connectivity index (χ2n) is 13.0. The third-order valence-corrected chi connectivity index (χ3v) is 9.51. The summed E-state index contributed by atoms with van der Waals surface area (Å²) in [6.07, 6.45) is 4.82. The molecular formula is C41H38N2O. The monoisotopic (exact) mass is 574 g/mol. The van der Waals surface area contributed by atoms with E-state index in [-0.39, 0.29) is 0 Å². The van der Waals surface area contributed by atoms with Crippen LogP contribution in [0.15, 0.2) is 101 Å². The second kappa shape index (κ2) is 10.5. The van der Waals surface area contributed by atoms with Crippen LogP contribution >= 0.6 is 0 Å². The van der Waals surface area contributed by atoms with Crippen LogP contribution in [0.3, 0.4) is 0 Å². The highest BCUT2D eigenvalue weighted by Gasteiger charge is 2.25. The molecule has 2 heterocycles. The lowest BCUT2D eigenvalue weighted by Gasteiger charge is -2.24. The van der Waals surface area contributed by atoms with E-state index in [0.29, 0.717) is 11.8 Å². The van der Waals surface area contributed by atoms with Gasteiger partial charge in [-0.15, -0.1) is 0 Å². The molecule has 0 radical (unpaired) electrons. The summed E-state index contributed by atoms with van der Waals surface area (Å²) in [5.74, 6) is 1.55. The van der Waals surface area contributed by atoms with Gasteiger partial charge in [0.05, 0.1) is 22.3 Å². The number of para-hydroxylation sites is 3. The van der Waals surface area contributed by atoms with Crippen LogP contribution in [-0.2, 0) is 12.8 Å². The van der Waals surface area contributed by atoms with Crippen molar-refractivity contribution in [1.29, 1.82) is 0 Å². The largest absolute Gasteiger partial charge is 0.455 e. The maximum absolute atomic E-state index is 6.77. The van der Waals surface area contributed by atoms with Crippen molar-refractivity contribution in [2.75, 3.05) is 0 Å². The van der Waals surface area contributed by atoms with Crippen molar-refractivity contribution in [3.8, 4) is 28.2 Å². The number of furan rings is 1. The highest BCUT2D eigenvalue weighted by atomic mass is 16.3. The van der Waals surface area contributed by atoms with Crippen LogP contribution < -0.4 is 0 Å². The lowest BCUT2D eigenvalue weighted by atomic mass is 9.88. The van der Waals surface area contributed by atoms with Gasteiger partial charge in [-0.3, -0.25) is 4.57 Å². The van der Waals surface area contributed by atoms with Crippen molar-refractivity contribution in [2.24, 2.45) is 0 Å².